The molecule has 0 aromatic heterocycles. The summed E-state index contributed by atoms with van der Waals surface area (Å²) < 4.78 is 10.9. The van der Waals surface area contributed by atoms with Crippen LogP contribution in [0, 0.1) is 11.8 Å². The number of ether oxygens (including phenoxy) is 2. The summed E-state index contributed by atoms with van der Waals surface area (Å²) >= 11 is 0. The minimum Gasteiger partial charge on any atom is -0.458 e. The molecule has 0 spiro atoms. The molecule has 0 N–H and O–H groups in total. The molecular weight excluding hydrogens is 228 g/mol. The van der Waals surface area contributed by atoms with Gasteiger partial charge < -0.3 is 9.47 Å². The molecule has 0 heterocycles. The third-order valence-corrected chi connectivity index (χ3v) is 3.22. The van der Waals surface area contributed by atoms with Gasteiger partial charge in [0, 0.05) is 0 Å². The maximum absolute atomic E-state index is 11.8. The average molecular weight is 254 g/mol. The normalized spacial score (nSPS) is 25.8. The van der Waals surface area contributed by atoms with E-state index in [1.165, 1.54) is 0 Å². The molecule has 3 heteroatoms. The zero-order chi connectivity index (χ0) is 13.8. The highest BCUT2D eigenvalue weighted by atomic mass is 16.6. The van der Waals surface area contributed by atoms with Gasteiger partial charge in [-0.3, -0.25) is 0 Å². The fraction of sp³-hybridized carbons (Fsp3) is 0.800. The molecule has 0 amide bonds. The summed E-state index contributed by atoms with van der Waals surface area (Å²) in [5.41, 5.74) is -0.449. The molecule has 1 rings (SSSR count). The standard InChI is InChI=1S/C15H26O3/c1-11-8-6-7-9-13(11)10-17-12(2)14(16)18-15(3,4)5/h6-7,11-13H,8-10H2,1-5H3. The third-order valence-electron chi connectivity index (χ3n) is 3.22. The lowest BCUT2D eigenvalue weighted by Gasteiger charge is -2.27. The van der Waals surface area contributed by atoms with Crippen molar-refractivity contribution in [1.82, 2.24) is 0 Å². The van der Waals surface area contributed by atoms with Crippen LogP contribution in [-0.2, 0) is 14.3 Å². The molecule has 0 bridgehead atoms. The Morgan fingerprint density at radius 2 is 1.94 bits per heavy atom. The molecule has 1 aliphatic carbocycles. The third kappa shape index (κ3) is 5.21. The second-order valence-electron chi connectivity index (χ2n) is 6.19. The van der Waals surface area contributed by atoms with E-state index in [-0.39, 0.29) is 5.97 Å². The highest BCUT2D eigenvalue weighted by molar-refractivity contribution is 5.74. The van der Waals surface area contributed by atoms with Crippen LogP contribution in [0.5, 0.6) is 0 Å². The van der Waals surface area contributed by atoms with Gasteiger partial charge in [-0.15, -0.1) is 0 Å². The van der Waals surface area contributed by atoms with Crippen LogP contribution in [0.15, 0.2) is 12.2 Å². The second-order valence-corrected chi connectivity index (χ2v) is 6.19. The molecule has 0 aliphatic heterocycles. The van der Waals surface area contributed by atoms with Gasteiger partial charge in [0.1, 0.15) is 5.60 Å². The first-order valence-electron chi connectivity index (χ1n) is 6.79. The van der Waals surface area contributed by atoms with E-state index in [0.29, 0.717) is 18.4 Å². The molecule has 3 nitrogen and oxygen atoms in total. The topological polar surface area (TPSA) is 35.5 Å². The smallest absolute Gasteiger partial charge is 0.335 e. The zero-order valence-electron chi connectivity index (χ0n) is 12.2. The fourth-order valence-electron chi connectivity index (χ4n) is 1.96. The summed E-state index contributed by atoms with van der Waals surface area (Å²) in [5.74, 6) is 0.863. The number of esters is 1. The van der Waals surface area contributed by atoms with E-state index in [0.717, 1.165) is 12.8 Å². The van der Waals surface area contributed by atoms with Crippen LogP contribution in [-0.4, -0.2) is 24.3 Å². The highest BCUT2D eigenvalue weighted by Crippen LogP contribution is 2.25. The van der Waals surface area contributed by atoms with Crippen molar-refractivity contribution in [3.8, 4) is 0 Å². The number of allylic oxidation sites excluding steroid dienone is 2. The zero-order valence-corrected chi connectivity index (χ0v) is 12.2. The van der Waals surface area contributed by atoms with Gasteiger partial charge in [0.05, 0.1) is 6.61 Å². The molecule has 3 atom stereocenters. The van der Waals surface area contributed by atoms with Crippen LogP contribution in [0.4, 0.5) is 0 Å². The van der Waals surface area contributed by atoms with Crippen LogP contribution in [0.25, 0.3) is 0 Å². The Labute approximate surface area is 111 Å². The Hall–Kier alpha value is -0.830. The quantitative estimate of drug-likeness (QED) is 0.570. The molecule has 1 aliphatic rings. The summed E-state index contributed by atoms with van der Waals surface area (Å²) in [6, 6.07) is 0. The summed E-state index contributed by atoms with van der Waals surface area (Å²) in [5, 5.41) is 0. The number of hydrogen-bond donors (Lipinski definition) is 0. The molecule has 0 saturated carbocycles. The second kappa shape index (κ2) is 6.37. The van der Waals surface area contributed by atoms with Gasteiger partial charge in [0.25, 0.3) is 0 Å². The summed E-state index contributed by atoms with van der Waals surface area (Å²) in [7, 11) is 0. The largest absolute Gasteiger partial charge is 0.458 e. The summed E-state index contributed by atoms with van der Waals surface area (Å²) in [6.45, 7) is 10.2. The number of carbonyl (C=O) groups excluding carboxylic acids is 1. The van der Waals surface area contributed by atoms with Crippen molar-refractivity contribution >= 4 is 5.97 Å². The maximum Gasteiger partial charge on any atom is 0.335 e. The Bertz CT molecular complexity index is 301. The van der Waals surface area contributed by atoms with Gasteiger partial charge in [-0.05, 0) is 52.4 Å². The van der Waals surface area contributed by atoms with E-state index in [4.69, 9.17) is 9.47 Å². The Morgan fingerprint density at radius 3 is 2.50 bits per heavy atom. The number of rotatable bonds is 4. The van der Waals surface area contributed by atoms with Crippen LogP contribution >= 0.6 is 0 Å². The Balaban J connectivity index is 2.34. The first-order valence-corrected chi connectivity index (χ1v) is 6.79. The summed E-state index contributed by atoms with van der Waals surface area (Å²) in [6.07, 6.45) is 6.09. The molecule has 0 aromatic rings. The Kier molecular flexibility index (Phi) is 5.39. The van der Waals surface area contributed by atoms with Crippen LogP contribution in [0.1, 0.15) is 47.5 Å². The first kappa shape index (κ1) is 15.2. The van der Waals surface area contributed by atoms with Crippen molar-refractivity contribution in [1.29, 1.82) is 0 Å². The predicted octanol–water partition coefficient (Wildman–Crippen LogP) is 3.34. The van der Waals surface area contributed by atoms with E-state index in [1.54, 1.807) is 6.92 Å². The van der Waals surface area contributed by atoms with Crippen molar-refractivity contribution in [2.24, 2.45) is 11.8 Å². The number of hydrogen-bond acceptors (Lipinski definition) is 3. The molecule has 0 saturated heterocycles. The maximum atomic E-state index is 11.8. The van der Waals surface area contributed by atoms with Crippen LogP contribution < -0.4 is 0 Å². The van der Waals surface area contributed by atoms with Crippen molar-refractivity contribution < 1.29 is 14.3 Å². The minimum absolute atomic E-state index is 0.276. The molecular formula is C15H26O3. The fourth-order valence-corrected chi connectivity index (χ4v) is 1.96. The molecule has 0 fully saturated rings. The first-order chi connectivity index (χ1) is 8.29. The monoisotopic (exact) mass is 254 g/mol. The van der Waals surface area contributed by atoms with E-state index >= 15 is 0 Å². The molecule has 0 radical (unpaired) electrons. The van der Waals surface area contributed by atoms with E-state index in [1.807, 2.05) is 20.8 Å². The van der Waals surface area contributed by atoms with Gasteiger partial charge in [0.2, 0.25) is 0 Å². The van der Waals surface area contributed by atoms with Gasteiger partial charge in [0.15, 0.2) is 6.10 Å². The van der Waals surface area contributed by atoms with Crippen molar-refractivity contribution in [2.45, 2.75) is 59.2 Å². The van der Waals surface area contributed by atoms with E-state index in [9.17, 15) is 4.79 Å². The van der Waals surface area contributed by atoms with Crippen LogP contribution in [0.2, 0.25) is 0 Å². The van der Waals surface area contributed by atoms with Gasteiger partial charge >= 0.3 is 5.97 Å². The lowest BCUT2D eigenvalue weighted by atomic mass is 9.85. The molecule has 3 unspecified atom stereocenters. The van der Waals surface area contributed by atoms with Crippen molar-refractivity contribution in [2.75, 3.05) is 6.61 Å². The highest BCUT2D eigenvalue weighted by Gasteiger charge is 2.24. The minimum atomic E-state index is -0.484. The van der Waals surface area contributed by atoms with Crippen molar-refractivity contribution in [3.63, 3.8) is 0 Å². The molecule has 0 aromatic carbocycles. The average Bonchev–Trinajstić information content (AvgIpc) is 2.25. The predicted molar refractivity (Wildman–Crippen MR) is 72.3 cm³/mol. The van der Waals surface area contributed by atoms with Gasteiger partial charge in [-0.2, -0.15) is 0 Å². The van der Waals surface area contributed by atoms with Crippen molar-refractivity contribution in [3.05, 3.63) is 12.2 Å². The van der Waals surface area contributed by atoms with E-state index < -0.39 is 11.7 Å². The van der Waals surface area contributed by atoms with Gasteiger partial charge in [-0.25, -0.2) is 4.79 Å². The van der Waals surface area contributed by atoms with Gasteiger partial charge in [-0.1, -0.05) is 19.1 Å². The lowest BCUT2D eigenvalue weighted by Crippen LogP contribution is -2.33. The van der Waals surface area contributed by atoms with Crippen LogP contribution in [0.3, 0.4) is 0 Å². The Morgan fingerprint density at radius 1 is 1.33 bits per heavy atom. The summed E-state index contributed by atoms with van der Waals surface area (Å²) in [4.78, 5) is 11.8. The lowest BCUT2D eigenvalue weighted by molar-refractivity contribution is -0.168. The van der Waals surface area contributed by atoms with E-state index in [2.05, 4.69) is 19.1 Å². The SMILES string of the molecule is CC(OCC1CC=CCC1C)C(=O)OC(C)(C)C. The molecule has 104 valence electrons. The number of carbonyl (C=O) groups is 1. The molecule has 18 heavy (non-hydrogen) atoms.